The lowest BCUT2D eigenvalue weighted by molar-refractivity contribution is -0.123. The lowest BCUT2D eigenvalue weighted by Crippen LogP contribution is -2.38. The van der Waals surface area contributed by atoms with Gasteiger partial charge in [0.25, 0.3) is 0 Å². The molecule has 3 aromatic rings. The fraction of sp³-hybridized carbons (Fsp3) is 0.160. The van der Waals surface area contributed by atoms with Crippen molar-refractivity contribution in [3.63, 3.8) is 0 Å². The minimum Gasteiger partial charge on any atom is -0.410 e. The Balaban J connectivity index is 1.31. The third-order valence-corrected chi connectivity index (χ3v) is 5.25. The number of rotatable bonds is 5. The molecule has 0 radical (unpaired) electrons. The molecule has 2 amide bonds. The summed E-state index contributed by atoms with van der Waals surface area (Å²) in [5, 5.41) is 5.93. The van der Waals surface area contributed by atoms with Gasteiger partial charge in [0.15, 0.2) is 5.78 Å². The van der Waals surface area contributed by atoms with Crippen LogP contribution in [0.15, 0.2) is 78.9 Å². The molecule has 1 unspecified atom stereocenters. The first kappa shape index (κ1) is 21.1. The number of para-hydroxylation sites is 2. The van der Waals surface area contributed by atoms with Gasteiger partial charge in [-0.15, -0.1) is 0 Å². The maximum atomic E-state index is 12.5. The molecule has 1 heterocycles. The Bertz CT molecular complexity index is 1130. The minimum absolute atomic E-state index is 0.0105. The van der Waals surface area contributed by atoms with Crippen LogP contribution in [0.1, 0.15) is 12.0 Å². The monoisotopic (exact) mass is 429 g/mol. The van der Waals surface area contributed by atoms with Gasteiger partial charge in [0.2, 0.25) is 5.91 Å². The molecule has 0 aromatic heterocycles. The molecule has 1 aliphatic rings. The predicted molar refractivity (Wildman–Crippen MR) is 123 cm³/mol. The van der Waals surface area contributed by atoms with Crippen molar-refractivity contribution in [1.82, 2.24) is 0 Å². The molecule has 0 saturated carbocycles. The van der Waals surface area contributed by atoms with E-state index < -0.39 is 12.1 Å². The van der Waals surface area contributed by atoms with Crippen LogP contribution in [0.5, 0.6) is 5.75 Å². The molecular formula is C25H23N3O4. The molecule has 2 N–H and O–H groups in total. The number of Topliss-reactive ketones (excluding diaryl/α,β-unsaturated/α-hetero) is 1. The van der Waals surface area contributed by atoms with Crippen LogP contribution in [0.3, 0.4) is 0 Å². The van der Waals surface area contributed by atoms with E-state index in [1.54, 1.807) is 31.3 Å². The maximum Gasteiger partial charge on any atom is 0.419 e. The van der Waals surface area contributed by atoms with Gasteiger partial charge in [0.1, 0.15) is 5.75 Å². The van der Waals surface area contributed by atoms with Crippen molar-refractivity contribution >= 4 is 34.8 Å². The summed E-state index contributed by atoms with van der Waals surface area (Å²) in [6.45, 7) is 0. The Kier molecular flexibility index (Phi) is 6.17. The number of ketones is 1. The second kappa shape index (κ2) is 9.34. The average molecular weight is 429 g/mol. The molecule has 0 bridgehead atoms. The Morgan fingerprint density at radius 2 is 1.69 bits per heavy atom. The van der Waals surface area contributed by atoms with Crippen LogP contribution < -0.4 is 20.3 Å². The predicted octanol–water partition coefficient (Wildman–Crippen LogP) is 4.26. The first-order chi connectivity index (χ1) is 15.5. The zero-order valence-corrected chi connectivity index (χ0v) is 17.6. The number of ether oxygens (including phenoxy) is 1. The highest BCUT2D eigenvalue weighted by atomic mass is 16.6. The summed E-state index contributed by atoms with van der Waals surface area (Å²) < 4.78 is 5.38. The number of hydrogen-bond donors (Lipinski definition) is 2. The smallest absolute Gasteiger partial charge is 0.410 e. The van der Waals surface area contributed by atoms with Crippen molar-refractivity contribution in [2.24, 2.45) is 0 Å². The van der Waals surface area contributed by atoms with Gasteiger partial charge < -0.3 is 15.4 Å². The van der Waals surface area contributed by atoms with Crippen LogP contribution in [0.4, 0.5) is 21.9 Å². The van der Waals surface area contributed by atoms with Crippen LogP contribution in [0.25, 0.3) is 0 Å². The molecule has 1 aliphatic heterocycles. The second-order valence-corrected chi connectivity index (χ2v) is 7.54. The number of benzene rings is 3. The van der Waals surface area contributed by atoms with Gasteiger partial charge in [-0.25, -0.2) is 4.79 Å². The summed E-state index contributed by atoms with van der Waals surface area (Å²) in [7, 11) is 1.63. The van der Waals surface area contributed by atoms with E-state index in [2.05, 4.69) is 10.6 Å². The summed E-state index contributed by atoms with van der Waals surface area (Å²) >= 11 is 0. The SMILES string of the molecule is CN(C(=O)Oc1ccc(NC(=O)CC2Nc3ccccc3CC2=O)cc1)c1ccccc1. The standard InChI is InChI=1S/C25H23N3O4/c1-28(19-8-3-2-4-9-19)25(31)32-20-13-11-18(12-14-20)26-24(30)16-22-23(29)15-17-7-5-6-10-21(17)27-22/h2-14,22,27H,15-16H2,1H3,(H,26,30). The van der Waals surface area contributed by atoms with E-state index in [1.165, 1.54) is 4.90 Å². The summed E-state index contributed by atoms with van der Waals surface area (Å²) in [5.74, 6) is 0.0731. The number of carbonyl (C=O) groups is 3. The van der Waals surface area contributed by atoms with E-state index in [-0.39, 0.29) is 18.1 Å². The third kappa shape index (κ3) is 4.95. The van der Waals surface area contributed by atoms with E-state index in [9.17, 15) is 14.4 Å². The third-order valence-electron chi connectivity index (χ3n) is 5.25. The molecule has 3 aromatic carbocycles. The molecule has 4 rings (SSSR count). The Labute approximate surface area is 186 Å². The van der Waals surface area contributed by atoms with Gasteiger partial charge in [0, 0.05) is 30.5 Å². The largest absolute Gasteiger partial charge is 0.419 e. The second-order valence-electron chi connectivity index (χ2n) is 7.54. The van der Waals surface area contributed by atoms with Crippen molar-refractivity contribution in [2.75, 3.05) is 22.6 Å². The van der Waals surface area contributed by atoms with Gasteiger partial charge >= 0.3 is 6.09 Å². The summed E-state index contributed by atoms with van der Waals surface area (Å²) in [6, 6.07) is 22.7. The molecule has 0 saturated heterocycles. The lowest BCUT2D eigenvalue weighted by atomic mass is 9.95. The number of carbonyl (C=O) groups excluding carboxylic acids is 3. The summed E-state index contributed by atoms with van der Waals surface area (Å²) in [4.78, 5) is 38.5. The van der Waals surface area contributed by atoms with Crippen LogP contribution in [-0.2, 0) is 16.0 Å². The molecular weight excluding hydrogens is 406 g/mol. The molecule has 1 atom stereocenters. The number of nitrogens with zero attached hydrogens (tertiary/aromatic N) is 1. The number of anilines is 3. The summed E-state index contributed by atoms with van der Waals surface area (Å²) in [6.07, 6.45) is -0.167. The van der Waals surface area contributed by atoms with Crippen molar-refractivity contribution < 1.29 is 19.1 Å². The Morgan fingerprint density at radius 3 is 2.44 bits per heavy atom. The highest BCUT2D eigenvalue weighted by Crippen LogP contribution is 2.24. The van der Waals surface area contributed by atoms with Gasteiger partial charge in [-0.05, 0) is 48.0 Å². The first-order valence-electron chi connectivity index (χ1n) is 10.3. The van der Waals surface area contributed by atoms with E-state index in [4.69, 9.17) is 4.74 Å². The Morgan fingerprint density at radius 1 is 1.00 bits per heavy atom. The summed E-state index contributed by atoms with van der Waals surface area (Å²) in [5.41, 5.74) is 3.10. The van der Waals surface area contributed by atoms with Crippen molar-refractivity contribution in [3.8, 4) is 5.75 Å². The minimum atomic E-state index is -0.557. The van der Waals surface area contributed by atoms with E-state index in [0.29, 0.717) is 17.9 Å². The van der Waals surface area contributed by atoms with Gasteiger partial charge in [-0.1, -0.05) is 36.4 Å². The van der Waals surface area contributed by atoms with Crippen LogP contribution in [0, 0.1) is 0 Å². The molecule has 7 nitrogen and oxygen atoms in total. The number of hydrogen-bond acceptors (Lipinski definition) is 5. The molecule has 162 valence electrons. The lowest BCUT2D eigenvalue weighted by Gasteiger charge is -2.25. The zero-order valence-electron chi connectivity index (χ0n) is 17.6. The van der Waals surface area contributed by atoms with Gasteiger partial charge in [-0.2, -0.15) is 0 Å². The maximum absolute atomic E-state index is 12.5. The molecule has 7 heteroatoms. The van der Waals surface area contributed by atoms with Crippen LogP contribution >= 0.6 is 0 Å². The van der Waals surface area contributed by atoms with Crippen LogP contribution in [0.2, 0.25) is 0 Å². The number of nitrogens with one attached hydrogen (secondary N) is 2. The Hall–Kier alpha value is -4.13. The molecule has 0 spiro atoms. The highest BCUT2D eigenvalue weighted by Gasteiger charge is 2.27. The van der Waals surface area contributed by atoms with Gasteiger partial charge in [-0.3, -0.25) is 14.5 Å². The van der Waals surface area contributed by atoms with Crippen molar-refractivity contribution in [3.05, 3.63) is 84.4 Å². The fourth-order valence-corrected chi connectivity index (χ4v) is 3.49. The topological polar surface area (TPSA) is 87.7 Å². The quantitative estimate of drug-likeness (QED) is 0.633. The first-order valence-corrected chi connectivity index (χ1v) is 10.3. The van der Waals surface area contributed by atoms with E-state index in [1.807, 2.05) is 54.6 Å². The normalized spacial score (nSPS) is 14.7. The average Bonchev–Trinajstić information content (AvgIpc) is 2.81. The molecule has 0 aliphatic carbocycles. The highest BCUT2D eigenvalue weighted by molar-refractivity contribution is 5.99. The zero-order chi connectivity index (χ0) is 22.5. The fourth-order valence-electron chi connectivity index (χ4n) is 3.49. The van der Waals surface area contributed by atoms with Crippen molar-refractivity contribution in [2.45, 2.75) is 18.9 Å². The molecule has 32 heavy (non-hydrogen) atoms. The van der Waals surface area contributed by atoms with Gasteiger partial charge in [0.05, 0.1) is 12.5 Å². The number of amides is 2. The van der Waals surface area contributed by atoms with Crippen molar-refractivity contribution in [1.29, 1.82) is 0 Å². The molecule has 0 fully saturated rings. The van der Waals surface area contributed by atoms with E-state index >= 15 is 0 Å². The van der Waals surface area contributed by atoms with Crippen LogP contribution in [-0.4, -0.2) is 30.9 Å². The number of fused-ring (bicyclic) bond motifs is 1. The van der Waals surface area contributed by atoms with E-state index in [0.717, 1.165) is 16.9 Å².